The smallest absolute Gasteiger partial charge is 0.279 e. The van der Waals surface area contributed by atoms with Crippen LogP contribution in [-0.4, -0.2) is 22.5 Å². The Bertz CT molecular complexity index is 818. The van der Waals surface area contributed by atoms with Crippen molar-refractivity contribution in [2.24, 2.45) is 23.2 Å². The van der Waals surface area contributed by atoms with E-state index in [2.05, 4.69) is 17.8 Å². The Morgan fingerprint density at radius 2 is 1.97 bits per heavy atom. The molecule has 3 N–H and O–H groups in total. The quantitative estimate of drug-likeness (QED) is 0.654. The molecule has 0 aromatic carbocycles. The first-order valence-corrected chi connectivity index (χ1v) is 12.1. The van der Waals surface area contributed by atoms with Crippen LogP contribution in [-0.2, 0) is 17.6 Å². The fraction of sp³-hybridized carbons (Fsp3) is 0.739. The van der Waals surface area contributed by atoms with E-state index in [1.165, 1.54) is 29.7 Å². The van der Waals surface area contributed by atoms with E-state index >= 15 is 0 Å². The number of nitrogens with one attached hydrogen (secondary N) is 2. The van der Waals surface area contributed by atoms with Gasteiger partial charge in [0, 0.05) is 11.3 Å². The van der Waals surface area contributed by atoms with Gasteiger partial charge in [0.25, 0.3) is 5.91 Å². The van der Waals surface area contributed by atoms with Crippen LogP contribution in [0.4, 0.5) is 0 Å². The molecule has 1 aromatic rings. The molecule has 5 atom stereocenters. The number of thiophene rings is 1. The summed E-state index contributed by atoms with van der Waals surface area (Å²) < 4.78 is 0. The predicted molar refractivity (Wildman–Crippen MR) is 112 cm³/mol. The standard InChI is InChI=1S/C23H32N2O3S/c1-2-14-3-4-18-17(6-14)7-19(29-18)21(27)25-24-20(26)12-22-8-15-5-16(9-22)11-23(28,10-15)13-22/h7,14-16,28H,2-6,8-13H2,1H3,(H,24,26)(H,25,27)/t14-,15-,16+,22?,23?/m0/s1. The highest BCUT2D eigenvalue weighted by molar-refractivity contribution is 7.14. The molecule has 4 bridgehead atoms. The van der Waals surface area contributed by atoms with Crippen LogP contribution in [0, 0.1) is 23.2 Å². The van der Waals surface area contributed by atoms with Crippen LogP contribution >= 0.6 is 11.3 Å². The summed E-state index contributed by atoms with van der Waals surface area (Å²) in [4.78, 5) is 27.2. The van der Waals surface area contributed by atoms with E-state index < -0.39 is 5.60 Å². The molecule has 5 aliphatic rings. The van der Waals surface area contributed by atoms with Crippen LogP contribution in [0.25, 0.3) is 0 Å². The zero-order chi connectivity index (χ0) is 20.2. The number of fused-ring (bicyclic) bond motifs is 1. The van der Waals surface area contributed by atoms with Gasteiger partial charge in [-0.2, -0.15) is 0 Å². The minimum absolute atomic E-state index is 0.0785. The minimum atomic E-state index is -0.556. The summed E-state index contributed by atoms with van der Waals surface area (Å²) in [5, 5.41) is 10.9. The Balaban J connectivity index is 1.18. The van der Waals surface area contributed by atoms with Crippen LogP contribution in [0.5, 0.6) is 0 Å². The van der Waals surface area contributed by atoms with Crippen molar-refractivity contribution < 1.29 is 14.7 Å². The number of hydrogen-bond acceptors (Lipinski definition) is 4. The Hall–Kier alpha value is -1.40. The van der Waals surface area contributed by atoms with Crippen LogP contribution in [0.1, 0.15) is 84.8 Å². The highest BCUT2D eigenvalue weighted by Gasteiger charge is 2.57. The van der Waals surface area contributed by atoms with Gasteiger partial charge in [0.2, 0.25) is 5.91 Å². The topological polar surface area (TPSA) is 78.4 Å². The minimum Gasteiger partial charge on any atom is -0.390 e. The zero-order valence-electron chi connectivity index (χ0n) is 17.3. The Morgan fingerprint density at radius 3 is 2.66 bits per heavy atom. The van der Waals surface area contributed by atoms with Crippen molar-refractivity contribution in [1.82, 2.24) is 10.9 Å². The molecule has 4 saturated carbocycles. The molecule has 29 heavy (non-hydrogen) atoms. The van der Waals surface area contributed by atoms with Gasteiger partial charge in [0.1, 0.15) is 0 Å². The summed E-state index contributed by atoms with van der Waals surface area (Å²) >= 11 is 1.57. The number of amides is 2. The normalized spacial score (nSPS) is 37.2. The van der Waals surface area contributed by atoms with Gasteiger partial charge in [-0.05, 0) is 92.6 Å². The lowest BCUT2D eigenvalue weighted by molar-refractivity contribution is -0.169. The molecule has 6 heteroatoms. The summed E-state index contributed by atoms with van der Waals surface area (Å²) in [6.45, 7) is 2.23. The molecule has 2 unspecified atom stereocenters. The lowest BCUT2D eigenvalue weighted by Crippen LogP contribution is -2.57. The van der Waals surface area contributed by atoms with E-state index in [4.69, 9.17) is 0 Å². The number of hydrazine groups is 1. The summed E-state index contributed by atoms with van der Waals surface area (Å²) in [6, 6.07) is 2.01. The monoisotopic (exact) mass is 416 g/mol. The molecule has 0 saturated heterocycles. The van der Waals surface area contributed by atoms with Crippen LogP contribution in [0.2, 0.25) is 0 Å². The van der Waals surface area contributed by atoms with Crippen molar-refractivity contribution in [1.29, 1.82) is 0 Å². The van der Waals surface area contributed by atoms with Gasteiger partial charge in [-0.1, -0.05) is 13.3 Å². The third-order valence-electron chi connectivity index (χ3n) is 7.99. The molecule has 5 nitrogen and oxygen atoms in total. The van der Waals surface area contributed by atoms with E-state index in [0.717, 1.165) is 50.9 Å². The van der Waals surface area contributed by atoms with Crippen molar-refractivity contribution in [3.63, 3.8) is 0 Å². The number of carbonyl (C=O) groups excluding carboxylic acids is 2. The lowest BCUT2D eigenvalue weighted by atomic mass is 9.47. The van der Waals surface area contributed by atoms with Crippen molar-refractivity contribution in [3.8, 4) is 0 Å². The molecular weight excluding hydrogens is 384 g/mol. The van der Waals surface area contributed by atoms with E-state index in [-0.39, 0.29) is 17.2 Å². The average molecular weight is 417 g/mol. The molecule has 2 amide bonds. The van der Waals surface area contributed by atoms with E-state index in [0.29, 0.717) is 23.1 Å². The number of hydrogen-bond donors (Lipinski definition) is 3. The van der Waals surface area contributed by atoms with Gasteiger partial charge in [-0.3, -0.25) is 20.4 Å². The van der Waals surface area contributed by atoms with Gasteiger partial charge in [-0.15, -0.1) is 11.3 Å². The average Bonchev–Trinajstić information content (AvgIpc) is 3.07. The highest BCUT2D eigenvalue weighted by atomic mass is 32.1. The maximum absolute atomic E-state index is 12.6. The third kappa shape index (κ3) is 3.74. The highest BCUT2D eigenvalue weighted by Crippen LogP contribution is 2.62. The fourth-order valence-corrected chi connectivity index (χ4v) is 8.34. The largest absolute Gasteiger partial charge is 0.390 e. The number of carbonyl (C=O) groups is 2. The molecule has 5 aliphatic carbocycles. The van der Waals surface area contributed by atoms with Gasteiger partial charge in [-0.25, -0.2) is 0 Å². The predicted octanol–water partition coefficient (Wildman–Crippen LogP) is 3.75. The fourth-order valence-electron chi connectivity index (χ4n) is 7.24. The molecule has 1 heterocycles. The lowest BCUT2D eigenvalue weighted by Gasteiger charge is -2.60. The second-order valence-corrected chi connectivity index (χ2v) is 11.6. The van der Waals surface area contributed by atoms with Gasteiger partial charge < -0.3 is 5.11 Å². The first-order chi connectivity index (χ1) is 13.9. The van der Waals surface area contributed by atoms with Crippen LogP contribution < -0.4 is 10.9 Å². The molecule has 1 aromatic heterocycles. The summed E-state index contributed by atoms with van der Waals surface area (Å²) in [7, 11) is 0. The molecule has 0 aliphatic heterocycles. The maximum atomic E-state index is 12.6. The Morgan fingerprint density at radius 1 is 1.21 bits per heavy atom. The number of aliphatic hydroxyl groups is 1. The van der Waals surface area contributed by atoms with Crippen LogP contribution in [0.15, 0.2) is 6.07 Å². The SMILES string of the molecule is CC[C@H]1CCc2sc(C(=O)NNC(=O)CC34C[C@@H]5C[C@@H](CC(O)(C5)C3)C4)cc2C1. The first kappa shape index (κ1) is 19.6. The third-order valence-corrected chi connectivity index (χ3v) is 9.22. The van der Waals surface area contributed by atoms with Crippen molar-refractivity contribution in [2.75, 3.05) is 0 Å². The molecule has 4 fully saturated rings. The summed E-state index contributed by atoms with van der Waals surface area (Å²) in [5.41, 5.74) is 5.97. The van der Waals surface area contributed by atoms with Crippen molar-refractivity contribution in [3.05, 3.63) is 21.4 Å². The van der Waals surface area contributed by atoms with E-state index in [9.17, 15) is 14.7 Å². The van der Waals surface area contributed by atoms with Gasteiger partial charge in [0.15, 0.2) is 0 Å². The molecular formula is C23H32N2O3S. The van der Waals surface area contributed by atoms with E-state index in [1.807, 2.05) is 6.07 Å². The Kier molecular flexibility index (Phi) is 4.78. The first-order valence-electron chi connectivity index (χ1n) is 11.3. The van der Waals surface area contributed by atoms with Crippen molar-refractivity contribution in [2.45, 2.75) is 83.2 Å². The van der Waals surface area contributed by atoms with Crippen LogP contribution in [0.3, 0.4) is 0 Å². The zero-order valence-corrected chi connectivity index (χ0v) is 18.1. The number of aryl methyl sites for hydroxylation is 1. The molecule has 6 rings (SSSR count). The molecule has 0 spiro atoms. The van der Waals surface area contributed by atoms with E-state index in [1.54, 1.807) is 11.3 Å². The Labute approximate surface area is 176 Å². The van der Waals surface area contributed by atoms with Crippen molar-refractivity contribution >= 4 is 23.2 Å². The summed E-state index contributed by atoms with van der Waals surface area (Å²) in [6.07, 6.45) is 10.8. The van der Waals surface area contributed by atoms with Gasteiger partial charge >= 0.3 is 0 Å². The second kappa shape index (κ2) is 7.09. The van der Waals surface area contributed by atoms with Gasteiger partial charge in [0.05, 0.1) is 10.5 Å². The molecule has 158 valence electrons. The number of rotatable bonds is 4. The second-order valence-electron chi connectivity index (χ2n) is 10.4. The summed E-state index contributed by atoms with van der Waals surface area (Å²) in [5.74, 6) is 1.51. The molecule has 0 radical (unpaired) electrons. The maximum Gasteiger partial charge on any atom is 0.279 e.